The Morgan fingerprint density at radius 3 is 2.40 bits per heavy atom. The second kappa shape index (κ2) is 4.68. The molecule has 1 N–H and O–H groups in total. The average molecular weight is 254 g/mol. The zero-order valence-corrected chi connectivity index (χ0v) is 8.29. The SMILES string of the molecule is O=[N+]([O-])c1ccc(-c2ncn[nH]2)cc1.[Cu]. The van der Waals surface area contributed by atoms with Gasteiger partial charge in [-0.15, -0.1) is 0 Å². The molecule has 2 rings (SSSR count). The molecule has 0 saturated heterocycles. The average Bonchev–Trinajstić information content (AvgIpc) is 2.71. The molecule has 0 aliphatic heterocycles. The molecular weight excluding hydrogens is 248 g/mol. The largest absolute Gasteiger partial charge is 0.269 e. The molecule has 7 heteroatoms. The van der Waals surface area contributed by atoms with E-state index >= 15 is 0 Å². The number of hydrogen-bond acceptors (Lipinski definition) is 4. The van der Waals surface area contributed by atoms with Gasteiger partial charge >= 0.3 is 0 Å². The standard InChI is InChI=1S/C8H6N4O2.Cu/c13-12(14)7-3-1-6(2-4-7)8-9-5-10-11-8;/h1-5H,(H,9,10,11);. The summed E-state index contributed by atoms with van der Waals surface area (Å²) in [6, 6.07) is 6.10. The van der Waals surface area contributed by atoms with Gasteiger partial charge in [0, 0.05) is 34.8 Å². The zero-order valence-electron chi connectivity index (χ0n) is 7.35. The topological polar surface area (TPSA) is 84.7 Å². The minimum atomic E-state index is -0.440. The fraction of sp³-hybridized carbons (Fsp3) is 0. The van der Waals surface area contributed by atoms with Gasteiger partial charge in [0.15, 0.2) is 5.82 Å². The van der Waals surface area contributed by atoms with Crippen molar-refractivity contribution in [2.45, 2.75) is 0 Å². The molecule has 0 aliphatic rings. The smallest absolute Gasteiger partial charge is 0.259 e. The number of benzene rings is 1. The maximum absolute atomic E-state index is 10.4. The molecule has 1 heterocycles. The summed E-state index contributed by atoms with van der Waals surface area (Å²) in [6.07, 6.45) is 1.39. The van der Waals surface area contributed by atoms with Crippen LogP contribution >= 0.6 is 0 Å². The Hall–Kier alpha value is -1.72. The summed E-state index contributed by atoms with van der Waals surface area (Å²) < 4.78 is 0. The van der Waals surface area contributed by atoms with Gasteiger partial charge < -0.3 is 0 Å². The van der Waals surface area contributed by atoms with Crippen LogP contribution in [0.25, 0.3) is 11.4 Å². The van der Waals surface area contributed by atoms with Gasteiger partial charge in [-0.25, -0.2) is 4.98 Å². The Labute approximate surface area is 95.4 Å². The fourth-order valence-electron chi connectivity index (χ4n) is 1.09. The normalized spacial score (nSPS) is 9.33. The van der Waals surface area contributed by atoms with Crippen LogP contribution in [0.15, 0.2) is 30.6 Å². The van der Waals surface area contributed by atoms with E-state index in [1.54, 1.807) is 12.1 Å². The first-order chi connectivity index (χ1) is 6.77. The minimum Gasteiger partial charge on any atom is -0.259 e. The van der Waals surface area contributed by atoms with E-state index in [0.29, 0.717) is 5.82 Å². The number of aromatic amines is 1. The van der Waals surface area contributed by atoms with Gasteiger partial charge in [0.05, 0.1) is 4.92 Å². The van der Waals surface area contributed by atoms with Crippen molar-refractivity contribution in [3.05, 3.63) is 40.7 Å². The van der Waals surface area contributed by atoms with E-state index in [2.05, 4.69) is 15.2 Å². The predicted molar refractivity (Wildman–Crippen MR) is 48.5 cm³/mol. The molecule has 0 amide bonds. The summed E-state index contributed by atoms with van der Waals surface area (Å²) in [4.78, 5) is 13.9. The molecular formula is C8H6CuN4O2. The summed E-state index contributed by atoms with van der Waals surface area (Å²) in [7, 11) is 0. The van der Waals surface area contributed by atoms with Gasteiger partial charge in [-0.3, -0.25) is 15.2 Å². The van der Waals surface area contributed by atoms with Crippen molar-refractivity contribution < 1.29 is 22.0 Å². The van der Waals surface area contributed by atoms with Crippen molar-refractivity contribution in [2.75, 3.05) is 0 Å². The third-order valence-electron chi connectivity index (χ3n) is 1.77. The number of non-ortho nitro benzene ring substituents is 1. The van der Waals surface area contributed by atoms with E-state index in [1.807, 2.05) is 0 Å². The molecule has 0 unspecified atom stereocenters. The predicted octanol–water partition coefficient (Wildman–Crippen LogP) is 1.38. The molecule has 0 atom stereocenters. The Balaban J connectivity index is 0.00000112. The third-order valence-corrected chi connectivity index (χ3v) is 1.77. The quantitative estimate of drug-likeness (QED) is 0.498. The maximum Gasteiger partial charge on any atom is 0.269 e. The van der Waals surface area contributed by atoms with Crippen molar-refractivity contribution in [1.82, 2.24) is 15.2 Å². The number of aromatic nitrogens is 3. The first-order valence-electron chi connectivity index (χ1n) is 3.87. The Morgan fingerprint density at radius 1 is 1.27 bits per heavy atom. The molecule has 1 aromatic carbocycles. The van der Waals surface area contributed by atoms with Crippen molar-refractivity contribution >= 4 is 5.69 Å². The fourth-order valence-corrected chi connectivity index (χ4v) is 1.09. The zero-order chi connectivity index (χ0) is 9.97. The number of nitrogens with zero attached hydrogens (tertiary/aromatic N) is 3. The van der Waals surface area contributed by atoms with Crippen LogP contribution in [0.4, 0.5) is 5.69 Å². The Kier molecular flexibility index (Phi) is 3.54. The second-order valence-corrected chi connectivity index (χ2v) is 2.64. The van der Waals surface area contributed by atoms with E-state index < -0.39 is 4.92 Å². The third kappa shape index (κ3) is 2.39. The minimum absolute atomic E-state index is 0. The van der Waals surface area contributed by atoms with Crippen LogP contribution in [0.2, 0.25) is 0 Å². The van der Waals surface area contributed by atoms with Crippen LogP contribution in [-0.4, -0.2) is 20.1 Å². The Bertz CT molecular complexity index is 440. The summed E-state index contributed by atoms with van der Waals surface area (Å²) in [5, 5.41) is 16.7. The number of nitro groups is 1. The molecule has 1 aromatic heterocycles. The van der Waals surface area contributed by atoms with E-state index in [4.69, 9.17) is 0 Å². The number of H-pyrrole nitrogens is 1. The molecule has 0 bridgehead atoms. The summed E-state index contributed by atoms with van der Waals surface area (Å²) in [6.45, 7) is 0. The number of nitro benzene ring substituents is 1. The molecule has 2 aromatic rings. The van der Waals surface area contributed by atoms with E-state index in [-0.39, 0.29) is 22.8 Å². The van der Waals surface area contributed by atoms with E-state index in [0.717, 1.165) is 5.56 Å². The number of hydrogen-bond donors (Lipinski definition) is 1. The van der Waals surface area contributed by atoms with Gasteiger partial charge in [-0.1, -0.05) is 0 Å². The van der Waals surface area contributed by atoms with Crippen molar-refractivity contribution in [2.24, 2.45) is 0 Å². The van der Waals surface area contributed by atoms with Crippen LogP contribution in [0, 0.1) is 10.1 Å². The first kappa shape index (κ1) is 11.4. The molecule has 0 spiro atoms. The molecule has 81 valence electrons. The first-order valence-corrected chi connectivity index (χ1v) is 3.87. The molecule has 1 radical (unpaired) electrons. The molecule has 6 nitrogen and oxygen atoms in total. The molecule has 0 fully saturated rings. The molecule has 15 heavy (non-hydrogen) atoms. The second-order valence-electron chi connectivity index (χ2n) is 2.64. The van der Waals surface area contributed by atoms with E-state index in [9.17, 15) is 10.1 Å². The van der Waals surface area contributed by atoms with Crippen LogP contribution in [0.1, 0.15) is 0 Å². The van der Waals surface area contributed by atoms with Gasteiger partial charge in [0.1, 0.15) is 6.33 Å². The van der Waals surface area contributed by atoms with Crippen LogP contribution in [0.5, 0.6) is 0 Å². The Morgan fingerprint density at radius 2 is 1.93 bits per heavy atom. The monoisotopic (exact) mass is 253 g/mol. The summed E-state index contributed by atoms with van der Waals surface area (Å²) >= 11 is 0. The van der Waals surface area contributed by atoms with Crippen LogP contribution in [0.3, 0.4) is 0 Å². The van der Waals surface area contributed by atoms with Gasteiger partial charge in [0.25, 0.3) is 5.69 Å². The number of nitrogens with one attached hydrogen (secondary N) is 1. The van der Waals surface area contributed by atoms with Crippen LogP contribution in [-0.2, 0) is 17.1 Å². The molecule has 0 saturated carbocycles. The number of rotatable bonds is 2. The van der Waals surface area contributed by atoms with E-state index in [1.165, 1.54) is 18.5 Å². The molecule has 0 aliphatic carbocycles. The summed E-state index contributed by atoms with van der Waals surface area (Å²) in [5.74, 6) is 0.597. The van der Waals surface area contributed by atoms with Crippen molar-refractivity contribution in [3.8, 4) is 11.4 Å². The van der Waals surface area contributed by atoms with Crippen molar-refractivity contribution in [1.29, 1.82) is 0 Å². The maximum atomic E-state index is 10.4. The van der Waals surface area contributed by atoms with Gasteiger partial charge in [0.2, 0.25) is 0 Å². The van der Waals surface area contributed by atoms with Crippen molar-refractivity contribution in [3.63, 3.8) is 0 Å². The van der Waals surface area contributed by atoms with Gasteiger partial charge in [-0.2, -0.15) is 5.10 Å². The van der Waals surface area contributed by atoms with Gasteiger partial charge in [-0.05, 0) is 12.1 Å². The summed E-state index contributed by atoms with van der Waals surface area (Å²) in [5.41, 5.74) is 0.835. The van der Waals surface area contributed by atoms with Crippen LogP contribution < -0.4 is 0 Å².